The van der Waals surface area contributed by atoms with Crippen molar-refractivity contribution in [2.75, 3.05) is 13.2 Å². The molecule has 1 unspecified atom stereocenters. The number of rotatable bonds is 5. The first-order valence-corrected chi connectivity index (χ1v) is 3.68. The Kier molecular flexibility index (Phi) is 4.32. The lowest BCUT2D eigenvalue weighted by atomic mass is 10.0. The Morgan fingerprint density at radius 3 is 2.60 bits per heavy atom. The smallest absolute Gasteiger partial charge is 0.0646 e. The van der Waals surface area contributed by atoms with E-state index >= 15 is 0 Å². The van der Waals surface area contributed by atoms with Gasteiger partial charge in [0.25, 0.3) is 0 Å². The van der Waals surface area contributed by atoms with Gasteiger partial charge in [0.05, 0.1) is 12.1 Å². The highest BCUT2D eigenvalue weighted by Crippen LogP contribution is 2.02. The van der Waals surface area contributed by atoms with Crippen molar-refractivity contribution < 1.29 is 5.11 Å². The SMILES string of the molecule is C=CC(C)(CO)NCCC. The molecule has 0 aliphatic rings. The molecule has 0 spiro atoms. The zero-order valence-corrected chi connectivity index (χ0v) is 6.85. The summed E-state index contributed by atoms with van der Waals surface area (Å²) in [6.07, 6.45) is 2.81. The maximum atomic E-state index is 8.88. The number of aliphatic hydroxyl groups excluding tert-OH is 1. The topological polar surface area (TPSA) is 32.3 Å². The molecular weight excluding hydrogens is 126 g/mol. The van der Waals surface area contributed by atoms with Gasteiger partial charge in [-0.2, -0.15) is 0 Å². The summed E-state index contributed by atoms with van der Waals surface area (Å²) >= 11 is 0. The molecule has 0 bridgehead atoms. The Morgan fingerprint density at radius 1 is 1.70 bits per heavy atom. The highest BCUT2D eigenvalue weighted by atomic mass is 16.3. The third kappa shape index (κ3) is 2.99. The number of aliphatic hydroxyl groups is 1. The van der Waals surface area contributed by atoms with Gasteiger partial charge in [-0.3, -0.25) is 0 Å². The van der Waals surface area contributed by atoms with E-state index in [0.717, 1.165) is 13.0 Å². The minimum absolute atomic E-state index is 0.108. The van der Waals surface area contributed by atoms with Crippen LogP contribution in [0.3, 0.4) is 0 Å². The minimum atomic E-state index is -0.296. The molecule has 0 rings (SSSR count). The van der Waals surface area contributed by atoms with E-state index in [-0.39, 0.29) is 12.1 Å². The van der Waals surface area contributed by atoms with Crippen LogP contribution >= 0.6 is 0 Å². The predicted octanol–water partition coefficient (Wildman–Crippen LogP) is 0.923. The van der Waals surface area contributed by atoms with Crippen LogP contribution in [0.4, 0.5) is 0 Å². The normalized spacial score (nSPS) is 16.3. The summed E-state index contributed by atoms with van der Waals surface area (Å²) in [7, 11) is 0. The van der Waals surface area contributed by atoms with Crippen molar-refractivity contribution in [3.8, 4) is 0 Å². The number of hydrogen-bond donors (Lipinski definition) is 2. The molecule has 2 heteroatoms. The molecule has 0 aliphatic carbocycles. The molecule has 2 N–H and O–H groups in total. The Labute approximate surface area is 62.9 Å². The summed E-state index contributed by atoms with van der Waals surface area (Å²) < 4.78 is 0. The van der Waals surface area contributed by atoms with Gasteiger partial charge in [-0.05, 0) is 19.9 Å². The van der Waals surface area contributed by atoms with E-state index < -0.39 is 0 Å². The van der Waals surface area contributed by atoms with E-state index in [2.05, 4.69) is 18.8 Å². The van der Waals surface area contributed by atoms with Crippen molar-refractivity contribution in [2.45, 2.75) is 25.8 Å². The molecular formula is C8H17NO. The van der Waals surface area contributed by atoms with Crippen molar-refractivity contribution in [1.29, 1.82) is 0 Å². The fraction of sp³-hybridized carbons (Fsp3) is 0.750. The van der Waals surface area contributed by atoms with Crippen molar-refractivity contribution in [2.24, 2.45) is 0 Å². The van der Waals surface area contributed by atoms with Crippen LogP contribution in [-0.4, -0.2) is 23.8 Å². The maximum absolute atomic E-state index is 8.88. The summed E-state index contributed by atoms with van der Waals surface area (Å²) in [5.41, 5.74) is -0.296. The first kappa shape index (κ1) is 9.66. The van der Waals surface area contributed by atoms with Crippen molar-refractivity contribution in [3.63, 3.8) is 0 Å². The molecule has 0 aromatic heterocycles. The Morgan fingerprint density at radius 2 is 2.30 bits per heavy atom. The van der Waals surface area contributed by atoms with Crippen molar-refractivity contribution >= 4 is 0 Å². The highest BCUT2D eigenvalue weighted by molar-refractivity contribution is 4.98. The summed E-state index contributed by atoms with van der Waals surface area (Å²) in [5, 5.41) is 12.1. The van der Waals surface area contributed by atoms with Gasteiger partial charge in [0, 0.05) is 0 Å². The standard InChI is InChI=1S/C8H17NO/c1-4-6-9-8(3,5-2)7-10/h5,9-10H,2,4,6-7H2,1,3H3. The van der Waals surface area contributed by atoms with Gasteiger partial charge < -0.3 is 10.4 Å². The second-order valence-electron chi connectivity index (χ2n) is 2.71. The van der Waals surface area contributed by atoms with Crippen LogP contribution in [0, 0.1) is 0 Å². The lowest BCUT2D eigenvalue weighted by Gasteiger charge is -2.24. The van der Waals surface area contributed by atoms with Crippen LogP contribution in [0.15, 0.2) is 12.7 Å². The fourth-order valence-corrected chi connectivity index (χ4v) is 0.603. The average Bonchev–Trinajstić information content (AvgIpc) is 2.00. The largest absolute Gasteiger partial charge is 0.394 e. The number of hydrogen-bond acceptors (Lipinski definition) is 2. The quantitative estimate of drug-likeness (QED) is 0.561. The zero-order chi connectivity index (χ0) is 8.04. The molecule has 0 radical (unpaired) electrons. The van der Waals surface area contributed by atoms with Gasteiger partial charge in [-0.1, -0.05) is 13.0 Å². The summed E-state index contributed by atoms with van der Waals surface area (Å²) in [4.78, 5) is 0. The predicted molar refractivity (Wildman–Crippen MR) is 44.0 cm³/mol. The van der Waals surface area contributed by atoms with Gasteiger partial charge >= 0.3 is 0 Å². The lowest BCUT2D eigenvalue weighted by Crippen LogP contribution is -2.43. The van der Waals surface area contributed by atoms with Crippen LogP contribution in [0.1, 0.15) is 20.3 Å². The molecule has 2 nitrogen and oxygen atoms in total. The molecule has 10 heavy (non-hydrogen) atoms. The first-order valence-electron chi connectivity index (χ1n) is 3.68. The van der Waals surface area contributed by atoms with E-state index in [1.54, 1.807) is 6.08 Å². The highest BCUT2D eigenvalue weighted by Gasteiger charge is 2.16. The monoisotopic (exact) mass is 143 g/mol. The van der Waals surface area contributed by atoms with Crippen LogP contribution in [0.25, 0.3) is 0 Å². The molecule has 0 saturated carbocycles. The van der Waals surface area contributed by atoms with Gasteiger partial charge in [-0.15, -0.1) is 6.58 Å². The second-order valence-corrected chi connectivity index (χ2v) is 2.71. The molecule has 0 aromatic carbocycles. The van der Waals surface area contributed by atoms with Gasteiger partial charge in [0.15, 0.2) is 0 Å². The van der Waals surface area contributed by atoms with Crippen LogP contribution in [0.2, 0.25) is 0 Å². The Bertz CT molecular complexity index is 103. The van der Waals surface area contributed by atoms with Crippen molar-refractivity contribution in [1.82, 2.24) is 5.32 Å². The minimum Gasteiger partial charge on any atom is -0.394 e. The molecule has 0 aliphatic heterocycles. The molecule has 0 fully saturated rings. The third-order valence-electron chi connectivity index (χ3n) is 1.56. The lowest BCUT2D eigenvalue weighted by molar-refractivity contribution is 0.209. The first-order chi connectivity index (χ1) is 4.68. The second kappa shape index (κ2) is 4.47. The Hall–Kier alpha value is -0.340. The molecule has 0 heterocycles. The average molecular weight is 143 g/mol. The molecule has 0 amide bonds. The van der Waals surface area contributed by atoms with E-state index in [1.807, 2.05) is 6.92 Å². The molecule has 1 atom stereocenters. The summed E-state index contributed by atoms with van der Waals surface area (Å²) in [6, 6.07) is 0. The zero-order valence-electron chi connectivity index (χ0n) is 6.85. The van der Waals surface area contributed by atoms with Crippen LogP contribution in [-0.2, 0) is 0 Å². The maximum Gasteiger partial charge on any atom is 0.0646 e. The summed E-state index contributed by atoms with van der Waals surface area (Å²) in [6.45, 7) is 8.68. The van der Waals surface area contributed by atoms with E-state index in [4.69, 9.17) is 5.11 Å². The van der Waals surface area contributed by atoms with E-state index in [9.17, 15) is 0 Å². The number of nitrogens with one attached hydrogen (secondary N) is 1. The van der Waals surface area contributed by atoms with Crippen molar-refractivity contribution in [3.05, 3.63) is 12.7 Å². The fourth-order valence-electron chi connectivity index (χ4n) is 0.603. The molecule has 0 aromatic rings. The molecule has 60 valence electrons. The van der Waals surface area contributed by atoms with Gasteiger partial charge in [-0.25, -0.2) is 0 Å². The molecule has 0 saturated heterocycles. The summed E-state index contributed by atoms with van der Waals surface area (Å²) in [5.74, 6) is 0. The van der Waals surface area contributed by atoms with E-state index in [1.165, 1.54) is 0 Å². The van der Waals surface area contributed by atoms with Crippen LogP contribution in [0.5, 0.6) is 0 Å². The van der Waals surface area contributed by atoms with E-state index in [0.29, 0.717) is 0 Å². The van der Waals surface area contributed by atoms with Gasteiger partial charge in [0.1, 0.15) is 0 Å². The van der Waals surface area contributed by atoms with Crippen LogP contribution < -0.4 is 5.32 Å². The Balaban J connectivity index is 3.68. The third-order valence-corrected chi connectivity index (χ3v) is 1.56. The van der Waals surface area contributed by atoms with Gasteiger partial charge in [0.2, 0.25) is 0 Å².